The molecule has 3 aromatic rings. The summed E-state index contributed by atoms with van der Waals surface area (Å²) in [5.41, 5.74) is 2.15. The molecule has 3 rings (SSSR count). The van der Waals surface area contributed by atoms with Crippen molar-refractivity contribution in [1.82, 2.24) is 0 Å². The highest BCUT2D eigenvalue weighted by molar-refractivity contribution is 6.30. The molecule has 180 valence electrons. The van der Waals surface area contributed by atoms with Crippen molar-refractivity contribution in [2.45, 2.75) is 26.1 Å². The minimum Gasteiger partial charge on any atom is -0.478 e. The van der Waals surface area contributed by atoms with Gasteiger partial charge in [0.15, 0.2) is 0 Å². The lowest BCUT2D eigenvalue weighted by Gasteiger charge is -2.23. The van der Waals surface area contributed by atoms with E-state index in [4.69, 9.17) is 21.1 Å². The van der Waals surface area contributed by atoms with Gasteiger partial charge in [-0.05, 0) is 56.3 Å². The van der Waals surface area contributed by atoms with Crippen molar-refractivity contribution >= 4 is 41.1 Å². The summed E-state index contributed by atoms with van der Waals surface area (Å²) in [5, 5.41) is 12.6. The Hall–Kier alpha value is -4.17. The Bertz CT molecular complexity index is 1240. The summed E-state index contributed by atoms with van der Waals surface area (Å²) < 4.78 is 10.4. The molecule has 3 aromatic carbocycles. The van der Waals surface area contributed by atoms with Gasteiger partial charge in [0, 0.05) is 10.7 Å². The van der Waals surface area contributed by atoms with E-state index in [1.807, 2.05) is 13.8 Å². The number of nitrogens with one attached hydrogen (secondary N) is 1. The first-order chi connectivity index (χ1) is 16.6. The van der Waals surface area contributed by atoms with Gasteiger partial charge in [0.25, 0.3) is 5.91 Å². The maximum Gasteiger partial charge on any atom is 0.349 e. The summed E-state index contributed by atoms with van der Waals surface area (Å²) in [6, 6.07) is 18.5. The third kappa shape index (κ3) is 6.91. The maximum atomic E-state index is 13.1. The van der Waals surface area contributed by atoms with Gasteiger partial charge in [0.05, 0.1) is 11.1 Å². The van der Waals surface area contributed by atoms with Crippen LogP contribution in [0.3, 0.4) is 0 Å². The fourth-order valence-corrected chi connectivity index (χ4v) is 3.21. The van der Waals surface area contributed by atoms with Crippen LogP contribution < -0.4 is 5.32 Å². The summed E-state index contributed by atoms with van der Waals surface area (Å²) in [6.45, 7) is 3.64. The first kappa shape index (κ1) is 25.5. The van der Waals surface area contributed by atoms with Crippen LogP contribution in [0.15, 0.2) is 72.8 Å². The predicted octanol–water partition coefficient (Wildman–Crippen LogP) is 4.43. The Labute approximate surface area is 206 Å². The van der Waals surface area contributed by atoms with Crippen molar-refractivity contribution < 1.29 is 33.8 Å². The van der Waals surface area contributed by atoms with Crippen LogP contribution in [0, 0.1) is 13.8 Å². The van der Waals surface area contributed by atoms with Gasteiger partial charge in [-0.3, -0.25) is 4.79 Å². The minimum absolute atomic E-state index is 0.0701. The van der Waals surface area contributed by atoms with Crippen LogP contribution in [0.5, 0.6) is 0 Å². The highest BCUT2D eigenvalue weighted by atomic mass is 35.5. The molecule has 0 spiro atoms. The predicted molar refractivity (Wildman–Crippen MR) is 128 cm³/mol. The summed E-state index contributed by atoms with van der Waals surface area (Å²) >= 11 is 5.95. The zero-order valence-electron chi connectivity index (χ0n) is 18.9. The van der Waals surface area contributed by atoms with E-state index in [-0.39, 0.29) is 16.8 Å². The first-order valence-corrected chi connectivity index (χ1v) is 10.9. The SMILES string of the molecule is Cc1ccc(C(=O)OC(C(=O)O)C(OC(=O)c2ccc(C)cc2)C(=O)Nc2cccc(Cl)c2)cc1. The minimum atomic E-state index is -2.13. The second-order valence-electron chi connectivity index (χ2n) is 7.72. The number of carboxylic acids is 1. The number of carbonyl (C=O) groups excluding carboxylic acids is 3. The fraction of sp³-hybridized carbons (Fsp3) is 0.154. The molecule has 0 saturated carbocycles. The average molecular weight is 496 g/mol. The van der Waals surface area contributed by atoms with Gasteiger partial charge in [-0.2, -0.15) is 0 Å². The molecule has 0 fully saturated rings. The van der Waals surface area contributed by atoms with Crippen molar-refractivity contribution in [3.05, 3.63) is 100 Å². The van der Waals surface area contributed by atoms with Gasteiger partial charge < -0.3 is 19.9 Å². The van der Waals surface area contributed by atoms with E-state index in [0.29, 0.717) is 5.02 Å². The largest absolute Gasteiger partial charge is 0.478 e. The fourth-order valence-electron chi connectivity index (χ4n) is 3.02. The van der Waals surface area contributed by atoms with Crippen LogP contribution in [-0.2, 0) is 19.1 Å². The Morgan fingerprint density at radius 1 is 0.771 bits per heavy atom. The van der Waals surface area contributed by atoms with Crippen LogP contribution in [0.4, 0.5) is 5.69 Å². The third-order valence-electron chi connectivity index (χ3n) is 4.91. The van der Waals surface area contributed by atoms with Gasteiger partial charge in [-0.25, -0.2) is 14.4 Å². The van der Waals surface area contributed by atoms with E-state index in [2.05, 4.69) is 5.32 Å². The molecular formula is C26H22ClNO7. The molecule has 0 aliphatic carbocycles. The molecule has 35 heavy (non-hydrogen) atoms. The van der Waals surface area contributed by atoms with E-state index >= 15 is 0 Å². The normalized spacial score (nSPS) is 12.2. The van der Waals surface area contributed by atoms with Gasteiger partial charge in [0.1, 0.15) is 0 Å². The number of benzene rings is 3. The summed E-state index contributed by atoms with van der Waals surface area (Å²) in [7, 11) is 0. The smallest absolute Gasteiger partial charge is 0.349 e. The number of aliphatic carboxylic acids is 1. The van der Waals surface area contributed by atoms with Crippen LogP contribution in [0.25, 0.3) is 0 Å². The number of esters is 2. The number of aryl methyl sites for hydroxylation is 2. The van der Waals surface area contributed by atoms with Crippen LogP contribution in [0.1, 0.15) is 31.8 Å². The molecule has 0 heterocycles. The lowest BCUT2D eigenvalue weighted by atomic mass is 10.1. The van der Waals surface area contributed by atoms with Gasteiger partial charge in [0.2, 0.25) is 12.2 Å². The molecule has 1 amide bonds. The summed E-state index contributed by atoms with van der Waals surface area (Å²) in [5.74, 6) is -4.65. The molecule has 9 heteroatoms. The second kappa shape index (κ2) is 11.3. The molecule has 0 bridgehead atoms. The van der Waals surface area contributed by atoms with E-state index in [1.165, 1.54) is 36.4 Å². The molecule has 2 atom stereocenters. The second-order valence-corrected chi connectivity index (χ2v) is 8.16. The Morgan fingerprint density at radius 3 is 1.71 bits per heavy atom. The van der Waals surface area contributed by atoms with Gasteiger partial charge >= 0.3 is 17.9 Å². The maximum absolute atomic E-state index is 13.1. The monoisotopic (exact) mass is 495 g/mol. The lowest BCUT2D eigenvalue weighted by molar-refractivity contribution is -0.157. The Kier molecular flexibility index (Phi) is 8.22. The number of ether oxygens (including phenoxy) is 2. The summed E-state index contributed by atoms with van der Waals surface area (Å²) in [6.07, 6.45) is -4.13. The van der Waals surface area contributed by atoms with E-state index < -0.39 is 36.0 Å². The Balaban J connectivity index is 1.90. The molecule has 2 N–H and O–H groups in total. The van der Waals surface area contributed by atoms with E-state index in [1.54, 1.807) is 36.4 Å². The quantitative estimate of drug-likeness (QED) is 0.443. The average Bonchev–Trinajstić information content (AvgIpc) is 2.81. The van der Waals surface area contributed by atoms with Crippen molar-refractivity contribution in [3.63, 3.8) is 0 Å². The lowest BCUT2D eigenvalue weighted by Crippen LogP contribution is -2.48. The standard InChI is InChI=1S/C26H22ClNO7/c1-15-6-10-17(11-7-15)25(32)34-21(23(29)28-20-5-3-4-19(27)14-20)22(24(30)31)35-26(33)18-12-8-16(2)9-13-18/h3-14,21-22H,1-2H3,(H,28,29)(H,30,31). The van der Waals surface area contributed by atoms with Gasteiger partial charge in [-0.15, -0.1) is 0 Å². The van der Waals surface area contributed by atoms with Crippen molar-refractivity contribution in [2.75, 3.05) is 5.32 Å². The van der Waals surface area contributed by atoms with Crippen molar-refractivity contribution in [2.24, 2.45) is 0 Å². The third-order valence-corrected chi connectivity index (χ3v) is 5.15. The molecule has 0 radical (unpaired) electrons. The van der Waals surface area contributed by atoms with E-state index in [9.17, 15) is 24.3 Å². The number of hydrogen-bond acceptors (Lipinski definition) is 6. The molecule has 0 saturated heterocycles. The molecule has 8 nitrogen and oxygen atoms in total. The Morgan fingerprint density at radius 2 is 1.26 bits per heavy atom. The summed E-state index contributed by atoms with van der Waals surface area (Å²) in [4.78, 5) is 50.5. The first-order valence-electron chi connectivity index (χ1n) is 10.5. The van der Waals surface area contributed by atoms with Crippen LogP contribution in [0.2, 0.25) is 5.02 Å². The van der Waals surface area contributed by atoms with Gasteiger partial charge in [-0.1, -0.05) is 53.1 Å². The molecule has 0 aliphatic heterocycles. The molecule has 0 aromatic heterocycles. The number of carbonyl (C=O) groups is 4. The van der Waals surface area contributed by atoms with Crippen LogP contribution in [-0.4, -0.2) is 41.1 Å². The van der Waals surface area contributed by atoms with Crippen molar-refractivity contribution in [1.29, 1.82) is 0 Å². The highest BCUT2D eigenvalue weighted by Crippen LogP contribution is 2.19. The number of rotatable bonds is 8. The zero-order valence-corrected chi connectivity index (χ0v) is 19.6. The number of carboxylic acid groups (broad SMARTS) is 1. The molecular weight excluding hydrogens is 474 g/mol. The molecule has 2 unspecified atom stereocenters. The number of halogens is 1. The highest BCUT2D eigenvalue weighted by Gasteiger charge is 2.41. The number of amides is 1. The van der Waals surface area contributed by atoms with Crippen molar-refractivity contribution in [3.8, 4) is 0 Å². The number of hydrogen-bond donors (Lipinski definition) is 2. The topological polar surface area (TPSA) is 119 Å². The van der Waals surface area contributed by atoms with Crippen LogP contribution >= 0.6 is 11.6 Å². The number of anilines is 1. The zero-order chi connectivity index (χ0) is 25.5. The molecule has 0 aliphatic rings. The van der Waals surface area contributed by atoms with E-state index in [0.717, 1.165) is 11.1 Å².